The van der Waals surface area contributed by atoms with Crippen molar-refractivity contribution in [3.63, 3.8) is 0 Å². The Kier molecular flexibility index (Phi) is 6.55. The average molecular weight is 390 g/mol. The quantitative estimate of drug-likeness (QED) is 0.762. The van der Waals surface area contributed by atoms with Crippen molar-refractivity contribution in [1.82, 2.24) is 0 Å². The maximum absolute atomic E-state index is 13.0. The number of nitrogens with one attached hydrogen (secondary N) is 1. The molecule has 0 saturated heterocycles. The van der Waals surface area contributed by atoms with Gasteiger partial charge in [0, 0.05) is 16.8 Å². The molecule has 0 radical (unpaired) electrons. The standard InChI is InChI=1S/C16H11Cl2F2NO4/c17-9-1-4-14(11(18)5-9)24-8-16(23)25-7-15(22)21-10-2-3-12(19)13(20)6-10/h1-6H,7-8H2,(H,21,22). The second kappa shape index (κ2) is 8.64. The van der Waals surface area contributed by atoms with E-state index in [0.717, 1.165) is 12.1 Å². The molecular weight excluding hydrogens is 379 g/mol. The molecule has 0 heterocycles. The van der Waals surface area contributed by atoms with E-state index < -0.39 is 36.7 Å². The van der Waals surface area contributed by atoms with E-state index >= 15 is 0 Å². The molecule has 0 aliphatic heterocycles. The van der Waals surface area contributed by atoms with Crippen LogP contribution >= 0.6 is 23.2 Å². The summed E-state index contributed by atoms with van der Waals surface area (Å²) >= 11 is 11.6. The Morgan fingerprint density at radius 3 is 2.44 bits per heavy atom. The summed E-state index contributed by atoms with van der Waals surface area (Å²) in [6.45, 7) is -1.09. The Balaban J connectivity index is 1.77. The summed E-state index contributed by atoms with van der Waals surface area (Å²) in [6.07, 6.45) is 0. The van der Waals surface area contributed by atoms with Gasteiger partial charge in [-0.15, -0.1) is 0 Å². The summed E-state index contributed by atoms with van der Waals surface area (Å²) in [5.74, 6) is -3.45. The summed E-state index contributed by atoms with van der Waals surface area (Å²) in [5.41, 5.74) is 0.0316. The van der Waals surface area contributed by atoms with Gasteiger partial charge in [-0.1, -0.05) is 23.2 Å². The van der Waals surface area contributed by atoms with Crippen molar-refractivity contribution in [2.24, 2.45) is 0 Å². The third-order valence-electron chi connectivity index (χ3n) is 2.81. The van der Waals surface area contributed by atoms with E-state index in [4.69, 9.17) is 32.7 Å². The molecule has 0 aromatic heterocycles. The highest BCUT2D eigenvalue weighted by molar-refractivity contribution is 6.35. The minimum atomic E-state index is -1.11. The van der Waals surface area contributed by atoms with E-state index in [0.29, 0.717) is 5.02 Å². The number of hydrogen-bond acceptors (Lipinski definition) is 4. The summed E-state index contributed by atoms with van der Waals surface area (Å²) in [7, 11) is 0. The number of benzene rings is 2. The third-order valence-corrected chi connectivity index (χ3v) is 3.34. The number of amides is 1. The minimum absolute atomic E-state index is 0.0316. The Bertz CT molecular complexity index is 802. The predicted octanol–water partition coefficient (Wildman–Crippen LogP) is 3.83. The zero-order valence-corrected chi connectivity index (χ0v) is 14.0. The minimum Gasteiger partial charge on any atom is -0.480 e. The Morgan fingerprint density at radius 2 is 1.76 bits per heavy atom. The van der Waals surface area contributed by atoms with Crippen molar-refractivity contribution in [2.75, 3.05) is 18.5 Å². The first kappa shape index (κ1) is 19.0. The molecule has 0 unspecified atom stereocenters. The molecule has 25 heavy (non-hydrogen) atoms. The van der Waals surface area contributed by atoms with Gasteiger partial charge in [0.1, 0.15) is 5.75 Å². The van der Waals surface area contributed by atoms with Gasteiger partial charge < -0.3 is 14.8 Å². The molecular formula is C16H11Cl2F2NO4. The van der Waals surface area contributed by atoms with Gasteiger partial charge in [-0.2, -0.15) is 0 Å². The molecule has 9 heteroatoms. The topological polar surface area (TPSA) is 64.6 Å². The van der Waals surface area contributed by atoms with Crippen molar-refractivity contribution in [3.8, 4) is 5.75 Å². The fourth-order valence-corrected chi connectivity index (χ4v) is 2.15. The Morgan fingerprint density at radius 1 is 1.00 bits per heavy atom. The maximum Gasteiger partial charge on any atom is 0.344 e. The van der Waals surface area contributed by atoms with E-state index in [9.17, 15) is 18.4 Å². The fraction of sp³-hybridized carbons (Fsp3) is 0.125. The van der Waals surface area contributed by atoms with Crippen LogP contribution in [0.4, 0.5) is 14.5 Å². The SMILES string of the molecule is O=C(COC(=O)COc1ccc(Cl)cc1Cl)Nc1ccc(F)c(F)c1. The number of carbonyl (C=O) groups excluding carboxylic acids is 2. The first-order valence-electron chi connectivity index (χ1n) is 6.83. The highest BCUT2D eigenvalue weighted by Gasteiger charge is 2.11. The van der Waals surface area contributed by atoms with Crippen LogP contribution in [-0.4, -0.2) is 25.1 Å². The summed E-state index contributed by atoms with van der Waals surface area (Å²) < 4.78 is 35.6. The lowest BCUT2D eigenvalue weighted by Crippen LogP contribution is -2.23. The molecule has 0 bridgehead atoms. The number of rotatable bonds is 6. The van der Waals surface area contributed by atoms with E-state index in [1.165, 1.54) is 24.3 Å². The van der Waals surface area contributed by atoms with Crippen molar-refractivity contribution in [2.45, 2.75) is 0 Å². The Hall–Kier alpha value is -2.38. The average Bonchev–Trinajstić information content (AvgIpc) is 2.55. The molecule has 5 nitrogen and oxygen atoms in total. The van der Waals surface area contributed by atoms with E-state index in [2.05, 4.69) is 5.32 Å². The monoisotopic (exact) mass is 389 g/mol. The molecule has 0 spiro atoms. The van der Waals surface area contributed by atoms with Gasteiger partial charge in [0.15, 0.2) is 24.8 Å². The molecule has 1 amide bonds. The molecule has 2 aromatic rings. The third kappa shape index (κ3) is 5.88. The van der Waals surface area contributed by atoms with Crippen molar-refractivity contribution in [3.05, 3.63) is 58.1 Å². The first-order valence-corrected chi connectivity index (χ1v) is 7.59. The van der Waals surface area contributed by atoms with Crippen LogP contribution in [0.5, 0.6) is 5.75 Å². The largest absolute Gasteiger partial charge is 0.480 e. The van der Waals surface area contributed by atoms with Crippen LogP contribution in [0.1, 0.15) is 0 Å². The zero-order valence-electron chi connectivity index (χ0n) is 12.5. The van der Waals surface area contributed by atoms with Gasteiger partial charge in [-0.05, 0) is 30.3 Å². The highest BCUT2D eigenvalue weighted by atomic mass is 35.5. The van der Waals surface area contributed by atoms with Gasteiger partial charge in [-0.3, -0.25) is 4.79 Å². The number of ether oxygens (including phenoxy) is 2. The van der Waals surface area contributed by atoms with Crippen molar-refractivity contribution in [1.29, 1.82) is 0 Å². The number of carbonyl (C=O) groups is 2. The van der Waals surface area contributed by atoms with Gasteiger partial charge in [0.25, 0.3) is 5.91 Å². The normalized spacial score (nSPS) is 10.2. The second-order valence-corrected chi connectivity index (χ2v) is 5.54. The van der Waals surface area contributed by atoms with E-state index in [1.54, 1.807) is 0 Å². The number of esters is 1. The molecule has 0 fully saturated rings. The number of halogens is 4. The zero-order chi connectivity index (χ0) is 18.4. The first-order chi connectivity index (χ1) is 11.8. The van der Waals surface area contributed by atoms with Crippen LogP contribution in [-0.2, 0) is 14.3 Å². The molecule has 2 aromatic carbocycles. The lowest BCUT2D eigenvalue weighted by atomic mass is 10.3. The molecule has 2 rings (SSSR count). The highest BCUT2D eigenvalue weighted by Crippen LogP contribution is 2.27. The molecule has 0 atom stereocenters. The number of anilines is 1. The Labute approximate surface area is 151 Å². The predicted molar refractivity (Wildman–Crippen MR) is 87.9 cm³/mol. The van der Waals surface area contributed by atoms with E-state index in [-0.39, 0.29) is 16.5 Å². The van der Waals surface area contributed by atoms with Crippen LogP contribution in [0.3, 0.4) is 0 Å². The maximum atomic E-state index is 13.0. The molecule has 132 valence electrons. The summed E-state index contributed by atoms with van der Waals surface area (Å²) in [5, 5.41) is 2.88. The second-order valence-electron chi connectivity index (χ2n) is 4.70. The van der Waals surface area contributed by atoms with Gasteiger partial charge in [0.2, 0.25) is 0 Å². The molecule has 0 aliphatic rings. The van der Waals surface area contributed by atoms with Crippen LogP contribution in [0.2, 0.25) is 10.0 Å². The lowest BCUT2D eigenvalue weighted by molar-refractivity contribution is -0.149. The molecule has 0 aliphatic carbocycles. The van der Waals surface area contributed by atoms with Crippen LogP contribution < -0.4 is 10.1 Å². The summed E-state index contributed by atoms with van der Waals surface area (Å²) in [6, 6.07) is 7.29. The van der Waals surface area contributed by atoms with Crippen LogP contribution in [0, 0.1) is 11.6 Å². The number of hydrogen-bond donors (Lipinski definition) is 1. The molecule has 1 N–H and O–H groups in total. The van der Waals surface area contributed by atoms with Crippen molar-refractivity contribution < 1.29 is 27.8 Å². The smallest absolute Gasteiger partial charge is 0.344 e. The van der Waals surface area contributed by atoms with Gasteiger partial charge in [-0.25, -0.2) is 13.6 Å². The van der Waals surface area contributed by atoms with Crippen LogP contribution in [0.15, 0.2) is 36.4 Å². The fourth-order valence-electron chi connectivity index (χ4n) is 1.69. The van der Waals surface area contributed by atoms with E-state index in [1.807, 2.05) is 0 Å². The molecule has 0 saturated carbocycles. The van der Waals surface area contributed by atoms with Crippen LogP contribution in [0.25, 0.3) is 0 Å². The van der Waals surface area contributed by atoms with Crippen molar-refractivity contribution >= 4 is 40.8 Å². The van der Waals surface area contributed by atoms with Gasteiger partial charge in [0.05, 0.1) is 5.02 Å². The van der Waals surface area contributed by atoms with Gasteiger partial charge >= 0.3 is 5.97 Å². The lowest BCUT2D eigenvalue weighted by Gasteiger charge is -2.09. The summed E-state index contributed by atoms with van der Waals surface area (Å²) in [4.78, 5) is 23.1.